The molecule has 3 aromatic carbocycles. The topological polar surface area (TPSA) is 76.7 Å². The van der Waals surface area contributed by atoms with E-state index in [9.17, 15) is 9.59 Å². The molecule has 34 heavy (non-hydrogen) atoms. The summed E-state index contributed by atoms with van der Waals surface area (Å²) in [4.78, 5) is 25.8. The summed E-state index contributed by atoms with van der Waals surface area (Å²) < 4.78 is 11.5. The third-order valence-corrected chi connectivity index (χ3v) is 4.78. The molecule has 0 aromatic heterocycles. The van der Waals surface area contributed by atoms with Gasteiger partial charge >= 0.3 is 0 Å². The third kappa shape index (κ3) is 7.37. The average molecular weight is 461 g/mol. The quantitative estimate of drug-likeness (QED) is 0.374. The van der Waals surface area contributed by atoms with Crippen LogP contribution < -0.4 is 20.1 Å². The maximum Gasteiger partial charge on any atom is 0.255 e. The van der Waals surface area contributed by atoms with E-state index >= 15 is 0 Å². The van der Waals surface area contributed by atoms with Gasteiger partial charge in [0.1, 0.15) is 11.5 Å². The van der Waals surface area contributed by atoms with E-state index in [0.717, 1.165) is 0 Å². The molecule has 0 aliphatic carbocycles. The number of anilines is 2. The predicted octanol–water partition coefficient (Wildman–Crippen LogP) is 6.26. The van der Waals surface area contributed by atoms with Crippen molar-refractivity contribution in [3.05, 3.63) is 83.9 Å². The van der Waals surface area contributed by atoms with Crippen LogP contribution in [0.1, 0.15) is 48.4 Å². The van der Waals surface area contributed by atoms with Gasteiger partial charge in [0.25, 0.3) is 11.8 Å². The molecular weight excluding hydrogens is 428 g/mol. The molecule has 0 aliphatic heterocycles. The smallest absolute Gasteiger partial charge is 0.255 e. The Hall–Kier alpha value is -3.80. The van der Waals surface area contributed by atoms with E-state index < -0.39 is 0 Å². The number of amides is 2. The summed E-state index contributed by atoms with van der Waals surface area (Å²) in [5, 5.41) is 5.77. The lowest BCUT2D eigenvalue weighted by Crippen LogP contribution is -2.17. The van der Waals surface area contributed by atoms with Crippen molar-refractivity contribution in [2.45, 2.75) is 27.7 Å². The second-order valence-electron chi connectivity index (χ2n) is 8.92. The normalized spacial score (nSPS) is 10.8. The Kier molecular flexibility index (Phi) is 8.68. The molecule has 3 aromatic rings. The van der Waals surface area contributed by atoms with Gasteiger partial charge in [0.15, 0.2) is 0 Å². The first-order valence-electron chi connectivity index (χ1n) is 11.5. The molecule has 0 aliphatic rings. The maximum atomic E-state index is 12.9. The van der Waals surface area contributed by atoms with Gasteiger partial charge in [0.05, 0.1) is 24.6 Å². The zero-order valence-electron chi connectivity index (χ0n) is 20.1. The van der Waals surface area contributed by atoms with Gasteiger partial charge in [-0.15, -0.1) is 0 Å². The van der Waals surface area contributed by atoms with Crippen molar-refractivity contribution in [2.24, 2.45) is 11.8 Å². The van der Waals surface area contributed by atoms with Gasteiger partial charge in [-0.05, 0) is 60.4 Å². The first-order valence-corrected chi connectivity index (χ1v) is 11.5. The zero-order valence-corrected chi connectivity index (χ0v) is 20.1. The summed E-state index contributed by atoms with van der Waals surface area (Å²) in [5.41, 5.74) is 1.94. The van der Waals surface area contributed by atoms with Gasteiger partial charge < -0.3 is 20.1 Å². The molecule has 6 heteroatoms. The Morgan fingerprint density at radius 2 is 1.06 bits per heavy atom. The molecule has 2 N–H and O–H groups in total. The van der Waals surface area contributed by atoms with E-state index in [-0.39, 0.29) is 11.8 Å². The van der Waals surface area contributed by atoms with Crippen LogP contribution in [0.5, 0.6) is 11.5 Å². The molecule has 0 unspecified atom stereocenters. The number of benzene rings is 3. The minimum absolute atomic E-state index is 0.291. The lowest BCUT2D eigenvalue weighted by molar-refractivity contribution is 0.101. The number of nitrogens with one attached hydrogen (secondary N) is 2. The van der Waals surface area contributed by atoms with Crippen molar-refractivity contribution in [3.63, 3.8) is 0 Å². The average Bonchev–Trinajstić information content (AvgIpc) is 2.83. The largest absolute Gasteiger partial charge is 0.493 e. The molecule has 0 saturated carbocycles. The van der Waals surface area contributed by atoms with Crippen LogP contribution in [0.2, 0.25) is 0 Å². The highest BCUT2D eigenvalue weighted by molar-refractivity contribution is 6.10. The van der Waals surface area contributed by atoms with Gasteiger partial charge in [-0.2, -0.15) is 0 Å². The Bertz CT molecular complexity index is 1040. The van der Waals surface area contributed by atoms with Gasteiger partial charge in [-0.3, -0.25) is 9.59 Å². The van der Waals surface area contributed by atoms with Crippen molar-refractivity contribution < 1.29 is 19.1 Å². The number of hydrogen-bond donors (Lipinski definition) is 2. The lowest BCUT2D eigenvalue weighted by atomic mass is 10.1. The van der Waals surface area contributed by atoms with Gasteiger partial charge in [0, 0.05) is 11.1 Å². The van der Waals surface area contributed by atoms with Crippen LogP contribution in [0.3, 0.4) is 0 Å². The van der Waals surface area contributed by atoms with Gasteiger partial charge in [0.2, 0.25) is 0 Å². The second-order valence-corrected chi connectivity index (χ2v) is 8.92. The summed E-state index contributed by atoms with van der Waals surface area (Å²) in [6.45, 7) is 9.41. The Balaban J connectivity index is 1.70. The molecule has 0 bridgehead atoms. The van der Waals surface area contributed by atoms with E-state index in [4.69, 9.17) is 9.47 Å². The molecule has 0 spiro atoms. The monoisotopic (exact) mass is 460 g/mol. The van der Waals surface area contributed by atoms with E-state index in [0.29, 0.717) is 59.1 Å². The molecule has 178 valence electrons. The minimum atomic E-state index is -0.291. The first-order chi connectivity index (χ1) is 16.3. The van der Waals surface area contributed by atoms with Crippen LogP contribution >= 0.6 is 0 Å². The molecular formula is C28H32N2O4. The SMILES string of the molecule is CC(C)COc1cccc(C(=O)Nc2ccccc2NC(=O)c2cccc(OCC(C)C)c2)c1. The molecule has 0 atom stereocenters. The van der Waals surface area contributed by atoms with E-state index in [1.54, 1.807) is 60.7 Å². The highest BCUT2D eigenvalue weighted by Gasteiger charge is 2.13. The van der Waals surface area contributed by atoms with Crippen LogP contribution in [0.15, 0.2) is 72.8 Å². The fourth-order valence-corrected chi connectivity index (χ4v) is 3.07. The number of carbonyl (C=O) groups is 2. The number of carbonyl (C=O) groups excluding carboxylic acids is 2. The van der Waals surface area contributed by atoms with Crippen LogP contribution in [0.4, 0.5) is 11.4 Å². The van der Waals surface area contributed by atoms with Crippen LogP contribution in [-0.4, -0.2) is 25.0 Å². The fourth-order valence-electron chi connectivity index (χ4n) is 3.07. The van der Waals surface area contributed by atoms with E-state index in [1.165, 1.54) is 0 Å². The maximum absolute atomic E-state index is 12.9. The van der Waals surface area contributed by atoms with Crippen molar-refractivity contribution in [3.8, 4) is 11.5 Å². The zero-order chi connectivity index (χ0) is 24.5. The summed E-state index contributed by atoms with van der Waals surface area (Å²) >= 11 is 0. The Morgan fingerprint density at radius 3 is 1.44 bits per heavy atom. The number of hydrogen-bond acceptors (Lipinski definition) is 4. The van der Waals surface area contributed by atoms with Gasteiger partial charge in [-0.25, -0.2) is 0 Å². The van der Waals surface area contributed by atoms with Crippen molar-refractivity contribution in [1.29, 1.82) is 0 Å². The van der Waals surface area contributed by atoms with Crippen molar-refractivity contribution in [1.82, 2.24) is 0 Å². The highest BCUT2D eigenvalue weighted by Crippen LogP contribution is 2.24. The molecule has 0 fully saturated rings. The lowest BCUT2D eigenvalue weighted by Gasteiger charge is -2.14. The van der Waals surface area contributed by atoms with Crippen molar-refractivity contribution >= 4 is 23.2 Å². The predicted molar refractivity (Wildman–Crippen MR) is 136 cm³/mol. The fraction of sp³-hybridized carbons (Fsp3) is 0.286. The Morgan fingerprint density at radius 1 is 0.647 bits per heavy atom. The molecule has 0 saturated heterocycles. The summed E-state index contributed by atoms with van der Waals surface area (Å²) in [7, 11) is 0. The van der Waals surface area contributed by atoms with Crippen LogP contribution in [0, 0.1) is 11.8 Å². The molecule has 6 nitrogen and oxygen atoms in total. The standard InChI is InChI=1S/C28H32N2O4/c1-19(2)17-33-23-11-7-9-21(15-23)27(31)29-25-13-5-6-14-26(25)30-28(32)22-10-8-12-24(16-22)34-18-20(3)4/h5-16,19-20H,17-18H2,1-4H3,(H,29,31)(H,30,32). The van der Waals surface area contributed by atoms with E-state index in [1.807, 2.05) is 12.1 Å². The summed E-state index contributed by atoms with van der Waals surface area (Å²) in [6.07, 6.45) is 0. The highest BCUT2D eigenvalue weighted by atomic mass is 16.5. The number of rotatable bonds is 10. The summed E-state index contributed by atoms with van der Waals surface area (Å²) in [5.74, 6) is 1.47. The Labute approximate surface area is 201 Å². The minimum Gasteiger partial charge on any atom is -0.493 e. The van der Waals surface area contributed by atoms with Crippen LogP contribution in [0.25, 0.3) is 0 Å². The number of ether oxygens (including phenoxy) is 2. The van der Waals surface area contributed by atoms with Gasteiger partial charge in [-0.1, -0.05) is 52.0 Å². The molecule has 0 heterocycles. The van der Waals surface area contributed by atoms with E-state index in [2.05, 4.69) is 38.3 Å². The van der Waals surface area contributed by atoms with Crippen molar-refractivity contribution in [2.75, 3.05) is 23.8 Å². The molecule has 3 rings (SSSR count). The number of para-hydroxylation sites is 2. The molecule has 2 amide bonds. The third-order valence-electron chi connectivity index (χ3n) is 4.78. The second kappa shape index (κ2) is 11.9. The summed E-state index contributed by atoms with van der Waals surface area (Å²) in [6, 6.07) is 21.2. The van der Waals surface area contributed by atoms with Crippen LogP contribution in [-0.2, 0) is 0 Å². The molecule has 0 radical (unpaired) electrons. The first kappa shape index (κ1) is 24.8.